The van der Waals surface area contributed by atoms with E-state index in [1.807, 2.05) is 43.1 Å². The summed E-state index contributed by atoms with van der Waals surface area (Å²) in [5, 5.41) is 12.4. The first-order valence-electron chi connectivity index (χ1n) is 6.76. The molecule has 1 aromatic carbocycles. The van der Waals surface area contributed by atoms with Crippen molar-refractivity contribution in [3.05, 3.63) is 24.3 Å². The van der Waals surface area contributed by atoms with E-state index in [1.165, 1.54) is 0 Å². The van der Waals surface area contributed by atoms with E-state index in [1.54, 1.807) is 14.0 Å². The van der Waals surface area contributed by atoms with Crippen LogP contribution in [0.2, 0.25) is 0 Å². The summed E-state index contributed by atoms with van der Waals surface area (Å²) in [6, 6.07) is 7.72. The third-order valence-corrected chi connectivity index (χ3v) is 3.50. The number of carboxylic acids is 1. The van der Waals surface area contributed by atoms with Crippen LogP contribution in [0.25, 0.3) is 0 Å². The quantitative estimate of drug-likeness (QED) is 0.762. The van der Waals surface area contributed by atoms with Crippen LogP contribution < -0.4 is 15.0 Å². The number of hydrogen-bond acceptors (Lipinski definition) is 4. The summed E-state index contributed by atoms with van der Waals surface area (Å²) in [7, 11) is 3.59. The van der Waals surface area contributed by atoms with Gasteiger partial charge in [0.2, 0.25) is 0 Å². The maximum absolute atomic E-state index is 11.3. The van der Waals surface area contributed by atoms with E-state index in [4.69, 9.17) is 4.74 Å². The molecule has 1 aromatic rings. The van der Waals surface area contributed by atoms with Crippen LogP contribution in [0.15, 0.2) is 24.3 Å². The highest BCUT2D eigenvalue weighted by molar-refractivity contribution is 5.78. The Morgan fingerprint density at radius 2 is 2.00 bits per heavy atom. The molecule has 2 N–H and O–H groups in total. The summed E-state index contributed by atoms with van der Waals surface area (Å²) in [6.45, 7) is 4.92. The maximum Gasteiger partial charge on any atom is 0.323 e. The van der Waals surface area contributed by atoms with E-state index < -0.39 is 11.5 Å². The maximum atomic E-state index is 11.3. The molecule has 20 heavy (non-hydrogen) atoms. The van der Waals surface area contributed by atoms with Gasteiger partial charge >= 0.3 is 5.97 Å². The molecule has 112 valence electrons. The first kappa shape index (κ1) is 16.3. The van der Waals surface area contributed by atoms with Crippen molar-refractivity contribution >= 4 is 11.7 Å². The molecular formula is C15H24N2O3. The largest absolute Gasteiger partial charge is 0.497 e. The van der Waals surface area contributed by atoms with Crippen LogP contribution in [0.4, 0.5) is 5.69 Å². The van der Waals surface area contributed by atoms with Gasteiger partial charge in [0.15, 0.2) is 0 Å². The van der Waals surface area contributed by atoms with E-state index in [0.717, 1.165) is 11.4 Å². The summed E-state index contributed by atoms with van der Waals surface area (Å²) < 4.78 is 5.12. The van der Waals surface area contributed by atoms with Crippen LogP contribution in [0.3, 0.4) is 0 Å². The third-order valence-electron chi connectivity index (χ3n) is 3.50. The minimum Gasteiger partial charge on any atom is -0.497 e. The predicted molar refractivity (Wildman–Crippen MR) is 80.6 cm³/mol. The van der Waals surface area contributed by atoms with Gasteiger partial charge < -0.3 is 20.1 Å². The van der Waals surface area contributed by atoms with Gasteiger partial charge in [0.05, 0.1) is 7.11 Å². The Kier molecular flexibility index (Phi) is 5.82. The topological polar surface area (TPSA) is 61.8 Å². The Hall–Kier alpha value is -1.75. The number of benzene rings is 1. The molecule has 0 aliphatic heterocycles. The van der Waals surface area contributed by atoms with Crippen LogP contribution in [0.1, 0.15) is 20.3 Å². The molecule has 1 unspecified atom stereocenters. The first-order chi connectivity index (χ1) is 9.42. The number of rotatable bonds is 8. The van der Waals surface area contributed by atoms with Gasteiger partial charge in [-0.3, -0.25) is 4.79 Å². The molecular weight excluding hydrogens is 256 g/mol. The lowest BCUT2D eigenvalue weighted by Crippen LogP contribution is -2.51. The van der Waals surface area contributed by atoms with E-state index in [9.17, 15) is 9.90 Å². The zero-order valence-electron chi connectivity index (χ0n) is 12.6. The minimum absolute atomic E-state index is 0.526. The van der Waals surface area contributed by atoms with Crippen LogP contribution in [-0.2, 0) is 4.79 Å². The second-order valence-electron chi connectivity index (χ2n) is 5.04. The lowest BCUT2D eigenvalue weighted by Gasteiger charge is -2.29. The molecule has 0 spiro atoms. The number of methoxy groups -OCH3 is 1. The van der Waals surface area contributed by atoms with Gasteiger partial charge in [-0.2, -0.15) is 0 Å². The molecule has 0 aliphatic rings. The summed E-state index contributed by atoms with van der Waals surface area (Å²) in [5.41, 5.74) is 0.144. The number of nitrogens with one attached hydrogen (secondary N) is 1. The van der Waals surface area contributed by atoms with Gasteiger partial charge in [0.25, 0.3) is 0 Å². The van der Waals surface area contributed by atoms with E-state index in [0.29, 0.717) is 19.5 Å². The lowest BCUT2D eigenvalue weighted by molar-refractivity contribution is -0.144. The molecule has 5 heteroatoms. The first-order valence-corrected chi connectivity index (χ1v) is 6.76. The molecule has 5 nitrogen and oxygen atoms in total. The number of aliphatic carboxylic acids is 1. The monoisotopic (exact) mass is 280 g/mol. The summed E-state index contributed by atoms with van der Waals surface area (Å²) in [5.74, 6) is -0.00680. The molecule has 0 fully saturated rings. The van der Waals surface area contributed by atoms with Crippen molar-refractivity contribution in [2.75, 3.05) is 32.1 Å². The lowest BCUT2D eigenvalue weighted by atomic mass is 9.97. The van der Waals surface area contributed by atoms with Crippen molar-refractivity contribution in [1.29, 1.82) is 0 Å². The highest BCUT2D eigenvalue weighted by atomic mass is 16.5. The summed E-state index contributed by atoms with van der Waals surface area (Å²) in [6.07, 6.45) is 0.526. The van der Waals surface area contributed by atoms with Crippen LogP contribution in [0, 0.1) is 0 Å². The summed E-state index contributed by atoms with van der Waals surface area (Å²) >= 11 is 0. The normalized spacial score (nSPS) is 13.6. The Morgan fingerprint density at radius 1 is 1.40 bits per heavy atom. The van der Waals surface area contributed by atoms with Crippen molar-refractivity contribution in [3.8, 4) is 5.75 Å². The van der Waals surface area contributed by atoms with Crippen molar-refractivity contribution in [3.63, 3.8) is 0 Å². The minimum atomic E-state index is -0.893. The number of likely N-dealkylation sites (N-methyl/N-ethyl adjacent to an activating group) is 1. The average Bonchev–Trinajstić information content (AvgIpc) is 2.45. The second-order valence-corrected chi connectivity index (χ2v) is 5.04. The number of nitrogens with zero attached hydrogens (tertiary/aromatic N) is 1. The van der Waals surface area contributed by atoms with E-state index >= 15 is 0 Å². The highest BCUT2D eigenvalue weighted by Gasteiger charge is 2.31. The molecule has 0 amide bonds. The van der Waals surface area contributed by atoms with Crippen LogP contribution in [-0.4, -0.2) is 43.9 Å². The van der Waals surface area contributed by atoms with Gasteiger partial charge in [-0.25, -0.2) is 0 Å². The average molecular weight is 280 g/mol. The number of anilines is 1. The Balaban J connectivity index is 2.64. The molecule has 1 rings (SSSR count). The molecule has 0 saturated carbocycles. The Labute approximate surface area is 120 Å². The fourth-order valence-corrected chi connectivity index (χ4v) is 2.02. The van der Waals surface area contributed by atoms with Gasteiger partial charge in [-0.05, 0) is 44.2 Å². The smallest absolute Gasteiger partial charge is 0.323 e. The molecule has 0 bridgehead atoms. The van der Waals surface area contributed by atoms with Crippen molar-refractivity contribution in [2.45, 2.75) is 25.8 Å². The molecule has 0 radical (unpaired) electrons. The van der Waals surface area contributed by atoms with E-state index in [2.05, 4.69) is 5.32 Å². The van der Waals surface area contributed by atoms with Crippen molar-refractivity contribution in [2.24, 2.45) is 0 Å². The molecule has 0 heterocycles. The number of ether oxygens (including phenoxy) is 1. The number of carboxylic acid groups (broad SMARTS) is 1. The standard InChI is InChI=1S/C15H24N2O3/c1-5-16-15(2,14(18)19)10-11-17(3)12-6-8-13(20-4)9-7-12/h6-9,16H,5,10-11H2,1-4H3,(H,18,19). The van der Waals surface area contributed by atoms with Crippen LogP contribution >= 0.6 is 0 Å². The number of hydrogen-bond donors (Lipinski definition) is 2. The third kappa shape index (κ3) is 4.13. The van der Waals surface area contributed by atoms with Gasteiger partial charge in [-0.15, -0.1) is 0 Å². The van der Waals surface area contributed by atoms with Crippen LogP contribution in [0.5, 0.6) is 5.75 Å². The zero-order valence-corrected chi connectivity index (χ0v) is 12.6. The predicted octanol–water partition coefficient (Wildman–Crippen LogP) is 1.97. The van der Waals surface area contributed by atoms with E-state index in [-0.39, 0.29) is 0 Å². The zero-order chi connectivity index (χ0) is 15.2. The Morgan fingerprint density at radius 3 is 2.45 bits per heavy atom. The fourth-order valence-electron chi connectivity index (χ4n) is 2.02. The molecule has 1 atom stereocenters. The van der Waals surface area contributed by atoms with Gasteiger partial charge in [0, 0.05) is 19.3 Å². The van der Waals surface area contributed by atoms with Gasteiger partial charge in [-0.1, -0.05) is 6.92 Å². The Bertz CT molecular complexity index is 433. The highest BCUT2D eigenvalue weighted by Crippen LogP contribution is 2.19. The van der Waals surface area contributed by atoms with Crippen molar-refractivity contribution < 1.29 is 14.6 Å². The second kappa shape index (κ2) is 7.14. The summed E-state index contributed by atoms with van der Waals surface area (Å²) in [4.78, 5) is 13.4. The number of carbonyl (C=O) groups is 1. The van der Waals surface area contributed by atoms with Gasteiger partial charge in [0.1, 0.15) is 11.3 Å². The molecule has 0 aromatic heterocycles. The molecule has 0 aliphatic carbocycles. The SMILES string of the molecule is CCNC(C)(CCN(C)c1ccc(OC)cc1)C(=O)O. The van der Waals surface area contributed by atoms with Crippen molar-refractivity contribution in [1.82, 2.24) is 5.32 Å². The fraction of sp³-hybridized carbons (Fsp3) is 0.533. The molecule has 0 saturated heterocycles.